The lowest BCUT2D eigenvalue weighted by Gasteiger charge is -2.33. The number of aliphatic hydroxyl groups is 2. The van der Waals surface area contributed by atoms with Gasteiger partial charge in [0.25, 0.3) is 31.2 Å². The molecule has 0 radical (unpaired) electrons. The van der Waals surface area contributed by atoms with Crippen molar-refractivity contribution in [2.24, 2.45) is 21.0 Å². The van der Waals surface area contributed by atoms with Crippen LogP contribution in [0.1, 0.15) is 187 Å². The molecule has 6 heterocycles. The van der Waals surface area contributed by atoms with Crippen molar-refractivity contribution in [3.8, 4) is 5.75 Å². The molecule has 0 spiro atoms. The second-order valence-electron chi connectivity index (χ2n) is 35.0. The molecule has 786 valence electrons. The first-order valence-electron chi connectivity index (χ1n) is 47.7. The number of nitrogens with zero attached hydrogens (tertiary/aromatic N) is 9. The van der Waals surface area contributed by atoms with Gasteiger partial charge < -0.3 is 72.8 Å². The van der Waals surface area contributed by atoms with E-state index in [4.69, 9.17) is 102 Å². The number of carbonyl (C=O) groups excluding carboxylic acids is 1. The van der Waals surface area contributed by atoms with Gasteiger partial charge in [-0.3, -0.25) is 19.6 Å². The molecule has 0 bridgehead atoms. The lowest BCUT2D eigenvalue weighted by atomic mass is 9.86. The molecule has 15 N–H and O–H groups in total. The number of phenols is 1. The molecule has 30 nitrogen and oxygen atoms in total. The molecule has 2 unspecified atom stereocenters. The van der Waals surface area contributed by atoms with Crippen molar-refractivity contribution in [1.29, 1.82) is 0 Å². The summed E-state index contributed by atoms with van der Waals surface area (Å²) >= 11 is 37.2. The number of benzene rings is 7. The lowest BCUT2D eigenvalue weighted by molar-refractivity contribution is 0.156. The van der Waals surface area contributed by atoms with Gasteiger partial charge in [0, 0.05) is 126 Å². The topological polar surface area (TPSA) is 442 Å². The number of primary sulfonamides is 1. The van der Waals surface area contributed by atoms with Gasteiger partial charge in [-0.1, -0.05) is 171 Å². The quantitative estimate of drug-likeness (QED) is 0.0224. The number of pyridine rings is 4. The highest BCUT2D eigenvalue weighted by Gasteiger charge is 2.29. The number of carbonyl (C=O) groups is 1. The molecule has 4 aromatic heterocycles. The largest absolute Gasteiger partial charge is 0.508 e. The predicted octanol–water partition coefficient (Wildman–Crippen LogP) is 20.8. The van der Waals surface area contributed by atoms with Gasteiger partial charge in [-0.25, -0.2) is 31.5 Å². The fraction of sp³-hybridized carbons (Fsp3) is 0.404. The molecule has 144 heavy (non-hydrogen) atoms. The number of aliphatic hydroxyl groups excluding tert-OH is 2. The third-order valence-electron chi connectivity index (χ3n) is 22.9. The molecular formula is C104H140Cl6N16O14S4. The van der Waals surface area contributed by atoms with Crippen LogP contribution >= 0.6 is 81.4 Å². The van der Waals surface area contributed by atoms with E-state index in [0.29, 0.717) is 48.5 Å². The zero-order valence-electron chi connectivity index (χ0n) is 83.8. The Balaban J connectivity index is 0.000000250. The van der Waals surface area contributed by atoms with Crippen molar-refractivity contribution in [3.63, 3.8) is 0 Å². The maximum atomic E-state index is 11.7. The van der Waals surface area contributed by atoms with Crippen molar-refractivity contribution < 1.29 is 55.8 Å². The first kappa shape index (κ1) is 123. The minimum Gasteiger partial charge on any atom is -0.508 e. The Hall–Kier alpha value is -9.64. The molecule has 4 aliphatic rings. The predicted molar refractivity (Wildman–Crippen MR) is 589 cm³/mol. The molecular weight excluding hydrogens is 2040 g/mol. The summed E-state index contributed by atoms with van der Waals surface area (Å²) in [4.78, 5) is 54.1. The summed E-state index contributed by atoms with van der Waals surface area (Å²) < 4.78 is 75.6. The van der Waals surface area contributed by atoms with Crippen LogP contribution in [0.4, 0.5) is 27.5 Å². The standard InChI is InChI=1S/C18H26ClN3.C17H19ClN2S.C16H19ClN2.2C12H17NO2.C10H13ClN2O3S.C8H9ClO.C7H6ClN3O4S2.2C2H7NO/c1-4-22(5-2)12-6-7-14(3)21-17-10-11-20-18-13-15(19)8-9-16(17)18;1-19(2)10-5-11-20-14-6-3-4-7-16(14)21-17-9-8-13(18)12-15(17)20;1-19(2)12-10-15(16-5-3-4-11-18-16)13-6-8-14(17)9-7-13;2*1-9-7-11(13(15)12(14)8-9)10-5-3-2-4-6-10;1-2-7-12-10(14)13-17(15,16)9-5-3-8(11)4-6-9;1-5-3-7(10)4-6(2)8(5)9;8-4-1-5-7(2-6(4)16(9,12)13)17(14,15)11-3-10-5;2*3-1-2-4/h8-11,13-14H,4-7,12H2,1-3H3,(H,20,21);3-4,6-9,12H,5,10-11H2,1-2H3;3-9,11,15H,10,12H2,1-2H3;2*7-8,10,15H,2-6H2,1H3;3-6H,2,7H2,1H3,(H2,12,13,14);3-4,10H,1-2H3;1-3H,(H,10,11)(H2,9,12,13);2*4H,1-3H2. The number of urea groups is 1. The number of nitrogens with two attached hydrogens (primary N) is 3. The van der Waals surface area contributed by atoms with Crippen molar-refractivity contribution in [3.05, 3.63) is 290 Å². The summed E-state index contributed by atoms with van der Waals surface area (Å²) in [6.07, 6.45) is 21.6. The number of fused-ring (bicyclic) bond motifs is 4. The SMILES string of the molecule is CCCNC(=O)NS(=O)(=O)c1ccc(Cl)cc1.CCN(CC)CCCC(C)Nc1ccnc2cc(Cl)ccc12.CN(C)CCC(c1ccc(Cl)cc1)c1ccccn1.CN(C)CCCN1c2ccccc2Sc2ccc(Cl)cc21.Cc1cc(C2CCCCC2)n(O)c(=O)c1.Cc1cc(C2CCCCC2)n(O)c(=O)c1.Cc1cc(O)cc(C)c1Cl.NCCO.NCCO.NS(=O)(=O)c1cc2c(cc1Cl)NC=NS2(=O)=O. The summed E-state index contributed by atoms with van der Waals surface area (Å²) in [6, 6.07) is 54.2. The summed E-state index contributed by atoms with van der Waals surface area (Å²) in [6.45, 7) is 24.0. The molecule has 2 fully saturated rings. The Kier molecular flexibility index (Phi) is 54.0. The van der Waals surface area contributed by atoms with Crippen LogP contribution in [-0.4, -0.2) is 204 Å². The number of rotatable bonds is 26. The first-order chi connectivity index (χ1) is 68.4. The van der Waals surface area contributed by atoms with E-state index in [1.807, 2.05) is 130 Å². The van der Waals surface area contributed by atoms with Crippen LogP contribution in [0.3, 0.4) is 0 Å². The van der Waals surface area contributed by atoms with Crippen molar-refractivity contribution in [1.82, 2.24) is 44.2 Å². The maximum absolute atomic E-state index is 11.7. The average Bonchev–Trinajstić information content (AvgIpc) is 0.768. The minimum atomic E-state index is -4.09. The molecule has 11 aromatic rings. The molecule has 2 amide bonds. The Morgan fingerprint density at radius 2 is 1.13 bits per heavy atom. The Morgan fingerprint density at radius 1 is 0.604 bits per heavy atom. The van der Waals surface area contributed by atoms with Crippen LogP contribution in [0, 0.1) is 27.7 Å². The van der Waals surface area contributed by atoms with E-state index in [9.17, 15) is 50.1 Å². The van der Waals surface area contributed by atoms with Crippen LogP contribution in [0.2, 0.25) is 30.1 Å². The van der Waals surface area contributed by atoms with Gasteiger partial charge >= 0.3 is 6.03 Å². The third-order valence-corrected chi connectivity index (χ3v) is 29.6. The van der Waals surface area contributed by atoms with Gasteiger partial charge in [0.1, 0.15) is 21.9 Å². The number of aromatic hydroxyl groups is 1. The van der Waals surface area contributed by atoms with Gasteiger partial charge in [-0.15, -0.1) is 4.40 Å². The second-order valence-corrected chi connectivity index (χ2v) is 43.4. The van der Waals surface area contributed by atoms with Crippen LogP contribution < -0.4 is 53.3 Å². The molecule has 2 aliphatic heterocycles. The van der Waals surface area contributed by atoms with Crippen LogP contribution in [0.25, 0.3) is 10.9 Å². The summed E-state index contributed by atoms with van der Waals surface area (Å²) in [5, 5.41) is 61.8. The number of anilines is 4. The average molecular weight is 2180 g/mol. The molecule has 2 saturated carbocycles. The number of amides is 2. The maximum Gasteiger partial charge on any atom is 0.328 e. The summed E-state index contributed by atoms with van der Waals surface area (Å²) in [7, 11) is -3.41. The van der Waals surface area contributed by atoms with Crippen LogP contribution in [-0.2, 0) is 30.1 Å². The van der Waals surface area contributed by atoms with Crippen molar-refractivity contribution in [2.45, 2.75) is 200 Å². The first-order valence-corrected chi connectivity index (χ1v) is 55.2. The zero-order chi connectivity index (χ0) is 106. The van der Waals surface area contributed by atoms with Crippen molar-refractivity contribution >= 4 is 157 Å². The fourth-order valence-electron chi connectivity index (χ4n) is 15.6. The Labute approximate surface area is 883 Å². The normalized spacial score (nSPS) is 13.7. The second kappa shape index (κ2) is 63.1. The van der Waals surface area contributed by atoms with E-state index >= 15 is 0 Å². The molecule has 2 atom stereocenters. The molecule has 2 aliphatic carbocycles. The highest BCUT2D eigenvalue weighted by atomic mass is 35.5. The number of hydrogen-bond acceptors (Lipinski definition) is 25. The number of aryl methyl sites for hydroxylation is 4. The van der Waals surface area contributed by atoms with Crippen molar-refractivity contribution in [2.75, 3.05) is 116 Å². The van der Waals surface area contributed by atoms with E-state index < -0.39 is 41.0 Å². The van der Waals surface area contributed by atoms with Gasteiger partial charge in [0.2, 0.25) is 10.0 Å². The number of halogens is 6. The highest BCUT2D eigenvalue weighted by Crippen LogP contribution is 2.49. The number of phenolic OH excluding ortho intramolecular Hbond substituents is 1. The summed E-state index contributed by atoms with van der Waals surface area (Å²) in [5.41, 5.74) is 21.3. The smallest absolute Gasteiger partial charge is 0.328 e. The number of hydrogen-bond donors (Lipinski definition) is 12. The number of aromatic nitrogens is 4. The number of sulfonamides is 3. The number of para-hydroxylation sites is 1. The number of nitrogens with one attached hydrogen (secondary N) is 4. The van der Waals surface area contributed by atoms with E-state index in [1.165, 1.54) is 121 Å². The van der Waals surface area contributed by atoms with Gasteiger partial charge in [-0.2, -0.15) is 17.9 Å². The minimum absolute atomic E-state index is 0.00597. The molecule has 15 rings (SSSR count). The van der Waals surface area contributed by atoms with Gasteiger partial charge in [-0.05, 0) is 321 Å². The summed E-state index contributed by atoms with van der Waals surface area (Å²) in [5.74, 6) is 1.31. The monoisotopic (exact) mass is 2170 g/mol. The zero-order valence-corrected chi connectivity index (χ0v) is 91.6. The molecule has 7 aromatic carbocycles. The van der Waals surface area contributed by atoms with E-state index in [2.05, 4.69) is 153 Å². The van der Waals surface area contributed by atoms with Gasteiger partial charge in [0.15, 0.2) is 0 Å². The Bertz CT molecular complexity index is 6240. The Morgan fingerprint density at radius 3 is 1.66 bits per heavy atom. The fourth-order valence-corrected chi connectivity index (χ4v) is 20.4. The highest BCUT2D eigenvalue weighted by molar-refractivity contribution is 7.99. The third kappa shape index (κ3) is 41.6. The van der Waals surface area contributed by atoms with Crippen LogP contribution in [0.5, 0.6) is 5.75 Å². The van der Waals surface area contributed by atoms with E-state index in [1.54, 1.807) is 12.1 Å². The van der Waals surface area contributed by atoms with E-state index in [-0.39, 0.29) is 50.6 Å². The van der Waals surface area contributed by atoms with Crippen LogP contribution in [0.15, 0.2) is 233 Å². The molecule has 0 saturated heterocycles. The van der Waals surface area contributed by atoms with E-state index in [0.717, 1.165) is 182 Å². The van der Waals surface area contributed by atoms with Gasteiger partial charge in [0.05, 0.1) is 57.1 Å². The molecule has 40 heteroatoms. The lowest BCUT2D eigenvalue weighted by Crippen LogP contribution is -2.39.